The van der Waals surface area contributed by atoms with Crippen LogP contribution in [0.4, 0.5) is 0 Å². The van der Waals surface area contributed by atoms with Crippen LogP contribution in [0.1, 0.15) is 40.9 Å². The predicted octanol–water partition coefficient (Wildman–Crippen LogP) is 3.90. The number of aryl methyl sites for hydroxylation is 3. The Morgan fingerprint density at radius 1 is 1.10 bits per heavy atom. The molecule has 0 aliphatic heterocycles. The fourth-order valence-corrected chi connectivity index (χ4v) is 2.71. The van der Waals surface area contributed by atoms with Gasteiger partial charge in [-0.2, -0.15) is 0 Å². The maximum absolute atomic E-state index is 4.30. The number of likely N-dealkylation sites (N-methyl/N-ethyl adjacent to an activating group) is 1. The predicted molar refractivity (Wildman–Crippen MR) is 85.0 cm³/mol. The number of aromatic nitrogens is 1. The lowest BCUT2D eigenvalue weighted by atomic mass is 9.93. The van der Waals surface area contributed by atoms with Crippen molar-refractivity contribution in [2.24, 2.45) is 0 Å². The third-order valence-electron chi connectivity index (χ3n) is 3.83. The van der Waals surface area contributed by atoms with E-state index in [1.807, 2.05) is 13.1 Å². The van der Waals surface area contributed by atoms with Gasteiger partial charge in [0.1, 0.15) is 0 Å². The van der Waals surface area contributed by atoms with Gasteiger partial charge in [-0.25, -0.2) is 0 Å². The lowest BCUT2D eigenvalue weighted by Crippen LogP contribution is -2.23. The van der Waals surface area contributed by atoms with Gasteiger partial charge in [0.25, 0.3) is 0 Å². The smallest absolute Gasteiger partial charge is 0.0375 e. The summed E-state index contributed by atoms with van der Waals surface area (Å²) in [5.74, 6) is 0. The van der Waals surface area contributed by atoms with Gasteiger partial charge >= 0.3 is 0 Å². The van der Waals surface area contributed by atoms with Crippen molar-refractivity contribution in [1.82, 2.24) is 10.3 Å². The van der Waals surface area contributed by atoms with E-state index in [-0.39, 0.29) is 0 Å². The van der Waals surface area contributed by atoms with Crippen molar-refractivity contribution in [1.29, 1.82) is 0 Å². The molecule has 0 spiro atoms. The molecule has 2 rings (SSSR count). The van der Waals surface area contributed by atoms with E-state index < -0.39 is 0 Å². The third kappa shape index (κ3) is 3.45. The Balaban J connectivity index is 2.30. The Morgan fingerprint density at radius 3 is 2.40 bits per heavy atom. The second-order valence-electron chi connectivity index (χ2n) is 5.42. The number of pyridine rings is 1. The number of benzene rings is 1. The molecule has 1 aromatic heterocycles. The summed E-state index contributed by atoms with van der Waals surface area (Å²) in [5, 5.41) is 3.60. The zero-order valence-electron chi connectivity index (χ0n) is 12.9. The minimum Gasteiger partial charge on any atom is -0.310 e. The second-order valence-corrected chi connectivity index (χ2v) is 5.42. The first-order chi connectivity index (χ1) is 9.61. The van der Waals surface area contributed by atoms with Crippen LogP contribution in [0, 0.1) is 20.8 Å². The van der Waals surface area contributed by atoms with Gasteiger partial charge in [0.2, 0.25) is 0 Å². The van der Waals surface area contributed by atoms with E-state index in [9.17, 15) is 0 Å². The van der Waals surface area contributed by atoms with E-state index >= 15 is 0 Å². The molecular formula is C18H24N2. The van der Waals surface area contributed by atoms with Crippen molar-refractivity contribution < 1.29 is 0 Å². The maximum Gasteiger partial charge on any atom is 0.0375 e. The molecule has 0 radical (unpaired) electrons. The summed E-state index contributed by atoms with van der Waals surface area (Å²) in [6.07, 6.45) is 2.93. The molecule has 1 atom stereocenters. The van der Waals surface area contributed by atoms with E-state index in [4.69, 9.17) is 0 Å². The first-order valence-corrected chi connectivity index (χ1v) is 7.32. The normalized spacial score (nSPS) is 12.4. The van der Waals surface area contributed by atoms with Crippen molar-refractivity contribution in [2.75, 3.05) is 6.54 Å². The van der Waals surface area contributed by atoms with Crippen molar-refractivity contribution in [3.05, 3.63) is 64.5 Å². The number of nitrogens with one attached hydrogen (secondary N) is 1. The number of hydrogen-bond donors (Lipinski definition) is 1. The molecule has 1 heterocycles. The van der Waals surface area contributed by atoms with E-state index in [1.165, 1.54) is 22.3 Å². The highest BCUT2D eigenvalue weighted by Gasteiger charge is 2.14. The molecule has 0 aliphatic carbocycles. The van der Waals surface area contributed by atoms with Gasteiger partial charge in [0.15, 0.2) is 0 Å². The summed E-state index contributed by atoms with van der Waals surface area (Å²) >= 11 is 0. The van der Waals surface area contributed by atoms with Gasteiger partial charge in [-0.05, 0) is 68.1 Å². The number of hydrogen-bond acceptors (Lipinski definition) is 2. The largest absolute Gasteiger partial charge is 0.310 e. The monoisotopic (exact) mass is 268 g/mol. The molecule has 2 heteroatoms. The molecule has 0 fully saturated rings. The molecule has 2 nitrogen and oxygen atoms in total. The van der Waals surface area contributed by atoms with Gasteiger partial charge in [0.05, 0.1) is 0 Å². The van der Waals surface area contributed by atoms with Crippen molar-refractivity contribution in [3.8, 4) is 0 Å². The molecule has 0 saturated carbocycles. The van der Waals surface area contributed by atoms with Crippen LogP contribution in [-0.4, -0.2) is 11.5 Å². The highest BCUT2D eigenvalue weighted by Crippen LogP contribution is 2.23. The van der Waals surface area contributed by atoms with Crippen molar-refractivity contribution in [3.63, 3.8) is 0 Å². The molecule has 0 aliphatic rings. The molecule has 0 bridgehead atoms. The van der Waals surface area contributed by atoms with Crippen LogP contribution in [0.2, 0.25) is 0 Å². The number of rotatable bonds is 5. The SMILES string of the molecule is CCNC(Cc1c(C)cccc1C)c1ccnc(C)c1. The minimum atomic E-state index is 0.349. The lowest BCUT2D eigenvalue weighted by molar-refractivity contribution is 0.546. The van der Waals surface area contributed by atoms with Gasteiger partial charge in [-0.1, -0.05) is 25.1 Å². The molecule has 2 aromatic rings. The molecule has 1 unspecified atom stereocenters. The number of nitrogens with zero attached hydrogens (tertiary/aromatic N) is 1. The van der Waals surface area contributed by atoms with E-state index in [0.29, 0.717) is 6.04 Å². The average molecular weight is 268 g/mol. The Morgan fingerprint density at radius 2 is 1.80 bits per heavy atom. The molecule has 1 aromatic carbocycles. The summed E-state index contributed by atoms with van der Waals surface area (Å²) in [6.45, 7) is 9.57. The zero-order valence-corrected chi connectivity index (χ0v) is 12.9. The van der Waals surface area contributed by atoms with Crippen LogP contribution in [0.3, 0.4) is 0 Å². The van der Waals surface area contributed by atoms with Crippen LogP contribution in [-0.2, 0) is 6.42 Å². The molecular weight excluding hydrogens is 244 g/mol. The van der Waals surface area contributed by atoms with Crippen LogP contribution in [0.25, 0.3) is 0 Å². The minimum absolute atomic E-state index is 0.349. The molecule has 0 saturated heterocycles. The zero-order chi connectivity index (χ0) is 14.5. The average Bonchev–Trinajstić information content (AvgIpc) is 2.42. The standard InChI is InChI=1S/C18H24N2/c1-5-19-18(16-9-10-20-15(4)11-16)12-17-13(2)7-6-8-14(17)3/h6-11,18-19H,5,12H2,1-4H3. The molecule has 1 N–H and O–H groups in total. The maximum atomic E-state index is 4.30. The second kappa shape index (κ2) is 6.67. The van der Waals surface area contributed by atoms with E-state index in [0.717, 1.165) is 18.7 Å². The summed E-state index contributed by atoms with van der Waals surface area (Å²) in [6, 6.07) is 11.2. The Hall–Kier alpha value is -1.67. The van der Waals surface area contributed by atoms with Gasteiger partial charge in [-0.15, -0.1) is 0 Å². The van der Waals surface area contributed by atoms with E-state index in [1.54, 1.807) is 0 Å². The Kier molecular flexibility index (Phi) is 4.91. The summed E-state index contributed by atoms with van der Waals surface area (Å²) in [5.41, 5.74) is 6.60. The molecule has 20 heavy (non-hydrogen) atoms. The third-order valence-corrected chi connectivity index (χ3v) is 3.83. The Bertz CT molecular complexity index is 555. The highest BCUT2D eigenvalue weighted by molar-refractivity contribution is 5.35. The van der Waals surface area contributed by atoms with Crippen molar-refractivity contribution in [2.45, 2.75) is 40.2 Å². The van der Waals surface area contributed by atoms with Crippen LogP contribution >= 0.6 is 0 Å². The first-order valence-electron chi connectivity index (χ1n) is 7.32. The lowest BCUT2D eigenvalue weighted by Gasteiger charge is -2.21. The quantitative estimate of drug-likeness (QED) is 0.889. The van der Waals surface area contributed by atoms with Crippen LogP contribution in [0.5, 0.6) is 0 Å². The van der Waals surface area contributed by atoms with Crippen LogP contribution in [0.15, 0.2) is 36.5 Å². The fraction of sp³-hybridized carbons (Fsp3) is 0.389. The van der Waals surface area contributed by atoms with Gasteiger partial charge < -0.3 is 5.32 Å². The van der Waals surface area contributed by atoms with Gasteiger partial charge in [0, 0.05) is 17.9 Å². The Labute approximate surface area is 122 Å². The molecule has 106 valence electrons. The van der Waals surface area contributed by atoms with Crippen molar-refractivity contribution >= 4 is 0 Å². The molecule has 0 amide bonds. The van der Waals surface area contributed by atoms with Gasteiger partial charge in [-0.3, -0.25) is 4.98 Å². The fourth-order valence-electron chi connectivity index (χ4n) is 2.71. The summed E-state index contributed by atoms with van der Waals surface area (Å²) < 4.78 is 0. The van der Waals surface area contributed by atoms with E-state index in [2.05, 4.69) is 61.4 Å². The topological polar surface area (TPSA) is 24.9 Å². The summed E-state index contributed by atoms with van der Waals surface area (Å²) in [4.78, 5) is 4.30. The summed E-state index contributed by atoms with van der Waals surface area (Å²) in [7, 11) is 0. The first kappa shape index (κ1) is 14.7. The highest BCUT2D eigenvalue weighted by atomic mass is 14.9. The van der Waals surface area contributed by atoms with Crippen LogP contribution < -0.4 is 5.32 Å².